The predicted molar refractivity (Wildman–Crippen MR) is 64.4 cm³/mol. The maximum absolute atomic E-state index is 12.9. The smallest absolute Gasteiger partial charge is 0.420 e. The number of aromatic nitrogens is 1. The van der Waals surface area contributed by atoms with Crippen LogP contribution in [0, 0.1) is 5.92 Å². The summed E-state index contributed by atoms with van der Waals surface area (Å²) in [5.74, 6) is -2.64. The van der Waals surface area contributed by atoms with Gasteiger partial charge >= 0.3 is 6.09 Å². The summed E-state index contributed by atoms with van der Waals surface area (Å²) in [6.07, 6.45) is 0.900. The van der Waals surface area contributed by atoms with Crippen molar-refractivity contribution in [1.82, 2.24) is 4.57 Å². The average molecular weight is 271 g/mol. The standard InChI is InChI=1S/C13H15F2NO3/c14-13(15)6-4-10(5-7-13)9-19-12(18)16-8-2-1-3-11(16)17/h1-3,8,10H,4-7,9H2. The van der Waals surface area contributed by atoms with E-state index < -0.39 is 17.6 Å². The highest BCUT2D eigenvalue weighted by Crippen LogP contribution is 2.36. The van der Waals surface area contributed by atoms with Gasteiger partial charge in [-0.25, -0.2) is 18.1 Å². The fraction of sp³-hybridized carbons (Fsp3) is 0.538. The second-order valence-electron chi connectivity index (χ2n) is 4.79. The zero-order chi connectivity index (χ0) is 13.9. The lowest BCUT2D eigenvalue weighted by atomic mass is 9.87. The van der Waals surface area contributed by atoms with Crippen LogP contribution in [0.5, 0.6) is 0 Å². The van der Waals surface area contributed by atoms with E-state index in [1.165, 1.54) is 18.3 Å². The zero-order valence-corrected chi connectivity index (χ0v) is 10.4. The van der Waals surface area contributed by atoms with E-state index in [-0.39, 0.29) is 25.4 Å². The van der Waals surface area contributed by atoms with Crippen LogP contribution >= 0.6 is 0 Å². The molecule has 4 nitrogen and oxygen atoms in total. The lowest BCUT2D eigenvalue weighted by Crippen LogP contribution is -2.30. The molecule has 1 aromatic rings. The summed E-state index contributed by atoms with van der Waals surface area (Å²) in [5, 5.41) is 0. The summed E-state index contributed by atoms with van der Waals surface area (Å²) in [5.41, 5.74) is -0.470. The fourth-order valence-corrected chi connectivity index (χ4v) is 2.10. The number of carbonyl (C=O) groups excluding carboxylic acids is 1. The third-order valence-electron chi connectivity index (χ3n) is 3.30. The molecule has 0 unspecified atom stereocenters. The van der Waals surface area contributed by atoms with Crippen molar-refractivity contribution in [2.24, 2.45) is 5.92 Å². The fourth-order valence-electron chi connectivity index (χ4n) is 2.10. The van der Waals surface area contributed by atoms with E-state index in [1.807, 2.05) is 0 Å². The third-order valence-corrected chi connectivity index (χ3v) is 3.30. The lowest BCUT2D eigenvalue weighted by molar-refractivity contribution is -0.0516. The Morgan fingerprint density at radius 3 is 2.68 bits per heavy atom. The number of carbonyl (C=O) groups is 1. The molecule has 0 amide bonds. The Hall–Kier alpha value is -1.72. The maximum atomic E-state index is 12.9. The Morgan fingerprint density at radius 1 is 1.37 bits per heavy atom. The first-order valence-electron chi connectivity index (χ1n) is 6.20. The number of pyridine rings is 1. The molecule has 0 aliphatic heterocycles. The van der Waals surface area contributed by atoms with Crippen molar-refractivity contribution < 1.29 is 18.3 Å². The number of hydrogen-bond donors (Lipinski definition) is 0. The minimum absolute atomic E-state index is 0.0528. The molecule has 19 heavy (non-hydrogen) atoms. The first-order valence-corrected chi connectivity index (χ1v) is 6.20. The highest BCUT2D eigenvalue weighted by atomic mass is 19.3. The van der Waals surface area contributed by atoms with Crippen LogP contribution < -0.4 is 5.56 Å². The van der Waals surface area contributed by atoms with Gasteiger partial charge in [0.1, 0.15) is 0 Å². The van der Waals surface area contributed by atoms with Gasteiger partial charge in [-0.15, -0.1) is 0 Å². The summed E-state index contributed by atoms with van der Waals surface area (Å²) in [6.45, 7) is 0.0796. The molecule has 0 saturated heterocycles. The molecule has 0 bridgehead atoms. The molecule has 1 saturated carbocycles. The van der Waals surface area contributed by atoms with Gasteiger partial charge in [-0.3, -0.25) is 4.79 Å². The summed E-state index contributed by atoms with van der Waals surface area (Å²) in [6, 6.07) is 4.32. The number of alkyl halides is 2. The number of nitrogens with zero attached hydrogens (tertiary/aromatic N) is 1. The van der Waals surface area contributed by atoms with Gasteiger partial charge in [-0.2, -0.15) is 0 Å². The lowest BCUT2D eigenvalue weighted by Gasteiger charge is -2.27. The molecule has 1 aliphatic carbocycles. The monoisotopic (exact) mass is 271 g/mol. The van der Waals surface area contributed by atoms with Crippen LogP contribution in [0.3, 0.4) is 0 Å². The molecule has 0 aromatic carbocycles. The van der Waals surface area contributed by atoms with Crippen LogP contribution in [0.2, 0.25) is 0 Å². The van der Waals surface area contributed by atoms with Crippen molar-refractivity contribution in [3.63, 3.8) is 0 Å². The molecule has 0 spiro atoms. The van der Waals surface area contributed by atoms with Crippen molar-refractivity contribution in [2.45, 2.75) is 31.6 Å². The molecule has 0 radical (unpaired) electrons. The Balaban J connectivity index is 1.85. The highest BCUT2D eigenvalue weighted by molar-refractivity contribution is 5.70. The van der Waals surface area contributed by atoms with Crippen LogP contribution in [-0.4, -0.2) is 23.2 Å². The van der Waals surface area contributed by atoms with Gasteiger partial charge < -0.3 is 4.74 Å². The quantitative estimate of drug-likeness (QED) is 0.830. The van der Waals surface area contributed by atoms with Gasteiger partial charge in [0, 0.05) is 25.1 Å². The summed E-state index contributed by atoms with van der Waals surface area (Å²) in [7, 11) is 0. The second-order valence-corrected chi connectivity index (χ2v) is 4.79. The number of halogens is 2. The zero-order valence-electron chi connectivity index (χ0n) is 10.4. The van der Waals surface area contributed by atoms with Crippen molar-refractivity contribution in [3.05, 3.63) is 34.7 Å². The topological polar surface area (TPSA) is 48.3 Å². The van der Waals surface area contributed by atoms with Gasteiger partial charge in [0.15, 0.2) is 0 Å². The highest BCUT2D eigenvalue weighted by Gasteiger charge is 2.35. The number of rotatable bonds is 2. The van der Waals surface area contributed by atoms with Gasteiger partial charge in [0.2, 0.25) is 5.92 Å². The van der Waals surface area contributed by atoms with Gasteiger partial charge in [-0.1, -0.05) is 6.07 Å². The van der Waals surface area contributed by atoms with Gasteiger partial charge in [0.05, 0.1) is 6.61 Å². The second kappa shape index (κ2) is 5.50. The number of hydrogen-bond acceptors (Lipinski definition) is 3. The Labute approximate surface area is 109 Å². The van der Waals surface area contributed by atoms with E-state index in [0.717, 1.165) is 4.57 Å². The largest absolute Gasteiger partial charge is 0.449 e. The molecule has 1 aromatic heterocycles. The maximum Gasteiger partial charge on any atom is 0.420 e. The molecule has 1 aliphatic rings. The van der Waals surface area contributed by atoms with E-state index in [9.17, 15) is 18.4 Å². The molecule has 6 heteroatoms. The van der Waals surface area contributed by atoms with Gasteiger partial charge in [0.25, 0.3) is 5.56 Å². The number of ether oxygens (including phenoxy) is 1. The minimum Gasteiger partial charge on any atom is -0.449 e. The van der Waals surface area contributed by atoms with Crippen molar-refractivity contribution in [3.8, 4) is 0 Å². The Kier molecular flexibility index (Phi) is 3.97. The molecule has 104 valence electrons. The Bertz CT molecular complexity index is 503. The normalized spacial score (nSPS) is 19.1. The molecule has 1 heterocycles. The van der Waals surface area contributed by atoms with Crippen LogP contribution in [0.1, 0.15) is 25.7 Å². The first-order chi connectivity index (χ1) is 8.98. The van der Waals surface area contributed by atoms with Crippen LogP contribution in [0.25, 0.3) is 0 Å². The summed E-state index contributed by atoms with van der Waals surface area (Å²) < 4.78 is 31.7. The van der Waals surface area contributed by atoms with Crippen LogP contribution in [0.15, 0.2) is 29.2 Å². The average Bonchev–Trinajstić information content (AvgIpc) is 2.38. The molecule has 1 fully saturated rings. The molecule has 2 rings (SSSR count). The third kappa shape index (κ3) is 3.62. The van der Waals surface area contributed by atoms with Crippen LogP contribution in [-0.2, 0) is 4.74 Å². The van der Waals surface area contributed by atoms with Gasteiger partial charge in [-0.05, 0) is 24.8 Å². The van der Waals surface area contributed by atoms with Crippen LogP contribution in [0.4, 0.5) is 13.6 Å². The Morgan fingerprint density at radius 2 is 2.05 bits per heavy atom. The molecule has 0 N–H and O–H groups in total. The van der Waals surface area contributed by atoms with E-state index in [4.69, 9.17) is 4.74 Å². The van der Waals surface area contributed by atoms with Crippen molar-refractivity contribution >= 4 is 6.09 Å². The van der Waals surface area contributed by atoms with E-state index >= 15 is 0 Å². The molecular formula is C13H15F2NO3. The summed E-state index contributed by atoms with van der Waals surface area (Å²) in [4.78, 5) is 23.0. The predicted octanol–water partition coefficient (Wildman–Crippen LogP) is 2.66. The summed E-state index contributed by atoms with van der Waals surface area (Å²) >= 11 is 0. The molecule has 0 atom stereocenters. The minimum atomic E-state index is -2.59. The first kappa shape index (κ1) is 13.7. The van der Waals surface area contributed by atoms with Crippen molar-refractivity contribution in [2.75, 3.05) is 6.61 Å². The SMILES string of the molecule is O=C(OCC1CCC(F)(F)CC1)n1ccccc1=O. The van der Waals surface area contributed by atoms with E-state index in [0.29, 0.717) is 12.8 Å². The van der Waals surface area contributed by atoms with E-state index in [1.54, 1.807) is 6.07 Å². The van der Waals surface area contributed by atoms with E-state index in [2.05, 4.69) is 0 Å². The molecular weight excluding hydrogens is 256 g/mol. The van der Waals surface area contributed by atoms with Crippen molar-refractivity contribution in [1.29, 1.82) is 0 Å².